The molecule has 0 radical (unpaired) electrons. The van der Waals surface area contributed by atoms with Crippen LogP contribution in [0.25, 0.3) is 11.0 Å². The third-order valence-electron chi connectivity index (χ3n) is 9.29. The molecule has 6 rings (SSSR count). The van der Waals surface area contributed by atoms with E-state index in [0.29, 0.717) is 24.8 Å². The highest BCUT2D eigenvalue weighted by molar-refractivity contribution is 8.02. The summed E-state index contributed by atoms with van der Waals surface area (Å²) in [6.07, 6.45) is 3.31. The molecule has 3 aromatic rings. The number of carbonyl (C=O) groups excluding carboxylic acids is 3. The minimum Gasteiger partial charge on any atom is -0.466 e. The number of carbonyl (C=O) groups is 3. The highest BCUT2D eigenvalue weighted by Crippen LogP contribution is 2.71. The van der Waals surface area contributed by atoms with E-state index in [2.05, 4.69) is 16.9 Å². The maximum Gasteiger partial charge on any atom is 0.311 e. The summed E-state index contributed by atoms with van der Waals surface area (Å²) in [5.74, 6) is -2.34. The Morgan fingerprint density at radius 3 is 2.67 bits per heavy atom. The lowest BCUT2D eigenvalue weighted by atomic mass is 9.66. The Morgan fingerprint density at radius 2 is 1.95 bits per heavy atom. The largest absolute Gasteiger partial charge is 0.466 e. The van der Waals surface area contributed by atoms with Gasteiger partial charge in [-0.3, -0.25) is 14.4 Å². The van der Waals surface area contributed by atoms with Gasteiger partial charge in [-0.15, -0.1) is 23.4 Å². The molecule has 4 heterocycles. The molecule has 1 aromatic heterocycles. The fourth-order valence-electron chi connectivity index (χ4n) is 7.49. The molecule has 3 saturated heterocycles. The monoisotopic (exact) mass is 603 g/mol. The van der Waals surface area contributed by atoms with Crippen LogP contribution in [0.15, 0.2) is 67.3 Å². The van der Waals surface area contributed by atoms with Crippen molar-refractivity contribution in [3.8, 4) is 0 Å². The number of aliphatic hydroxyl groups excluding tert-OH is 1. The fourth-order valence-corrected chi connectivity index (χ4v) is 9.82. The van der Waals surface area contributed by atoms with Crippen molar-refractivity contribution in [2.75, 3.05) is 19.8 Å². The average Bonchev–Trinajstić information content (AvgIpc) is 3.71. The maximum atomic E-state index is 14.9. The van der Waals surface area contributed by atoms with Gasteiger partial charge in [-0.05, 0) is 50.8 Å². The predicted octanol–water partition coefficient (Wildman–Crippen LogP) is 3.05. The molecule has 1 spiro atoms. The summed E-state index contributed by atoms with van der Waals surface area (Å²) < 4.78 is 5.81. The molecule has 10 nitrogen and oxygen atoms in total. The van der Waals surface area contributed by atoms with Gasteiger partial charge >= 0.3 is 5.97 Å². The zero-order valence-corrected chi connectivity index (χ0v) is 25.3. The molecule has 2 bridgehead atoms. The Hall–Kier alpha value is -3.70. The Kier molecular flexibility index (Phi) is 7.80. The Labute approximate surface area is 255 Å². The van der Waals surface area contributed by atoms with Gasteiger partial charge in [0.25, 0.3) is 0 Å². The smallest absolute Gasteiger partial charge is 0.311 e. The van der Waals surface area contributed by atoms with Crippen LogP contribution in [-0.4, -0.2) is 89.0 Å². The summed E-state index contributed by atoms with van der Waals surface area (Å²) in [7, 11) is 0. The van der Waals surface area contributed by atoms with Gasteiger partial charge in [0.2, 0.25) is 11.8 Å². The predicted molar refractivity (Wildman–Crippen MR) is 163 cm³/mol. The van der Waals surface area contributed by atoms with Crippen molar-refractivity contribution in [1.29, 1.82) is 0 Å². The highest BCUT2D eigenvalue weighted by Gasteiger charge is 2.78. The number of aliphatic hydroxyl groups is 1. The first-order valence-corrected chi connectivity index (χ1v) is 15.6. The maximum absolute atomic E-state index is 14.9. The first-order valence-electron chi connectivity index (χ1n) is 14.8. The van der Waals surface area contributed by atoms with E-state index in [9.17, 15) is 19.5 Å². The fraction of sp³-hybridized carbons (Fsp3) is 0.469. The molecule has 3 aliphatic rings. The summed E-state index contributed by atoms with van der Waals surface area (Å²) in [6.45, 7) is 7.88. The lowest BCUT2D eigenvalue weighted by Gasteiger charge is -2.39. The second kappa shape index (κ2) is 11.4. The molecule has 2 unspecified atom stereocenters. The van der Waals surface area contributed by atoms with Crippen LogP contribution in [0.3, 0.4) is 0 Å². The molecule has 0 aliphatic carbocycles. The molecular weight excluding hydrogens is 566 g/mol. The summed E-state index contributed by atoms with van der Waals surface area (Å²) in [5.41, 5.74) is 2.43. The highest BCUT2D eigenvalue weighted by atomic mass is 32.2. The van der Waals surface area contributed by atoms with Crippen molar-refractivity contribution >= 4 is 40.6 Å². The molecule has 3 aliphatic heterocycles. The van der Waals surface area contributed by atoms with Crippen LogP contribution in [0.5, 0.6) is 0 Å². The number of ether oxygens (including phenoxy) is 1. The van der Waals surface area contributed by atoms with Gasteiger partial charge in [0.15, 0.2) is 0 Å². The van der Waals surface area contributed by atoms with Gasteiger partial charge in [-0.1, -0.05) is 53.8 Å². The lowest BCUT2D eigenvalue weighted by molar-refractivity contribution is -0.155. The number of para-hydroxylation sites is 1. The van der Waals surface area contributed by atoms with Crippen LogP contribution < -0.4 is 0 Å². The van der Waals surface area contributed by atoms with Crippen molar-refractivity contribution in [2.24, 2.45) is 11.8 Å². The van der Waals surface area contributed by atoms with Gasteiger partial charge in [-0.2, -0.15) is 0 Å². The van der Waals surface area contributed by atoms with Crippen LogP contribution >= 0.6 is 11.8 Å². The molecular formula is C32H37N5O5S. The summed E-state index contributed by atoms with van der Waals surface area (Å²) in [4.78, 5) is 46.1. The van der Waals surface area contributed by atoms with Crippen LogP contribution in [0.4, 0.5) is 0 Å². The minimum absolute atomic E-state index is 0.108. The number of amides is 2. The number of rotatable bonds is 11. The van der Waals surface area contributed by atoms with Crippen molar-refractivity contribution in [1.82, 2.24) is 24.8 Å². The summed E-state index contributed by atoms with van der Waals surface area (Å²) >= 11 is 1.59. The lowest BCUT2D eigenvalue weighted by Crippen LogP contribution is -2.58. The zero-order valence-electron chi connectivity index (χ0n) is 24.5. The van der Waals surface area contributed by atoms with Gasteiger partial charge in [0.1, 0.15) is 18.2 Å². The molecule has 0 saturated carbocycles. The van der Waals surface area contributed by atoms with E-state index in [0.717, 1.165) is 11.1 Å². The number of hydrogen-bond donors (Lipinski definition) is 1. The van der Waals surface area contributed by atoms with Gasteiger partial charge in [-0.25, -0.2) is 4.68 Å². The molecule has 3 fully saturated rings. The second-order valence-corrected chi connectivity index (χ2v) is 13.7. The van der Waals surface area contributed by atoms with Crippen LogP contribution in [-0.2, 0) is 32.2 Å². The number of thioether (sulfide) groups is 1. The van der Waals surface area contributed by atoms with Crippen LogP contribution in [0.2, 0.25) is 0 Å². The zero-order chi connectivity index (χ0) is 30.4. The molecule has 11 heteroatoms. The first kappa shape index (κ1) is 29.4. The number of benzene rings is 2. The third-order valence-corrected chi connectivity index (χ3v) is 11.3. The van der Waals surface area contributed by atoms with Gasteiger partial charge in [0, 0.05) is 11.3 Å². The Bertz CT molecular complexity index is 1550. The molecule has 2 amide bonds. The van der Waals surface area contributed by atoms with Crippen molar-refractivity contribution in [3.63, 3.8) is 0 Å². The Balaban J connectivity index is 1.43. The van der Waals surface area contributed by atoms with E-state index < -0.39 is 39.4 Å². The topological polar surface area (TPSA) is 118 Å². The van der Waals surface area contributed by atoms with E-state index in [4.69, 9.17) is 4.74 Å². The molecule has 43 heavy (non-hydrogen) atoms. The Morgan fingerprint density at radius 1 is 1.21 bits per heavy atom. The summed E-state index contributed by atoms with van der Waals surface area (Å²) in [6, 6.07) is 15.6. The van der Waals surface area contributed by atoms with E-state index in [1.54, 1.807) is 39.2 Å². The van der Waals surface area contributed by atoms with E-state index >= 15 is 0 Å². The van der Waals surface area contributed by atoms with Crippen LogP contribution in [0.1, 0.15) is 32.3 Å². The third kappa shape index (κ3) is 4.73. The van der Waals surface area contributed by atoms with Gasteiger partial charge < -0.3 is 19.6 Å². The van der Waals surface area contributed by atoms with Crippen molar-refractivity contribution < 1.29 is 24.2 Å². The molecule has 2 aromatic carbocycles. The number of nitrogens with zero attached hydrogens (tertiary/aromatic N) is 5. The molecule has 1 N–H and O–H groups in total. The van der Waals surface area contributed by atoms with Crippen molar-refractivity contribution in [3.05, 3.63) is 72.8 Å². The number of fused-ring (bicyclic) bond motifs is 2. The summed E-state index contributed by atoms with van der Waals surface area (Å²) in [5, 5.41) is 19.3. The SMILES string of the molecule is C=CCN(Cn1nnc2ccccc21)C(=O)C1N([C@@H](CO)Cc2ccccc2)C(=O)[C@@H]2[C@@H](C(=O)OCC)[C@@]3(C)CCC12S3. The number of hydrogen-bond acceptors (Lipinski definition) is 8. The quantitative estimate of drug-likeness (QED) is 0.263. The normalized spacial score (nSPS) is 28.2. The van der Waals surface area contributed by atoms with Gasteiger partial charge in [0.05, 0.1) is 41.4 Å². The van der Waals surface area contributed by atoms with E-state index in [-0.39, 0.29) is 38.2 Å². The number of esters is 1. The van der Waals surface area contributed by atoms with Crippen molar-refractivity contribution in [2.45, 2.75) is 61.4 Å². The molecule has 6 atom stereocenters. The second-order valence-electron chi connectivity index (χ2n) is 11.8. The average molecular weight is 604 g/mol. The standard InChI is InChI=1S/C32H37N5O5S/c1-4-17-35(20-36-24-14-10-9-13-23(24)33-34-36)29(40)27-32-16-15-31(3,43-32)26(30(41)42-5-2)25(32)28(39)37(27)22(19-38)18-21-11-7-6-8-12-21/h4,6-14,22,25-27,38H,1,5,15-20H2,2-3H3/t22-,25+,26+,27?,31-,32?/m1/s1. The van der Waals surface area contributed by atoms with Crippen LogP contribution in [0, 0.1) is 11.8 Å². The first-order chi connectivity index (χ1) is 20.8. The number of likely N-dealkylation sites (tertiary alicyclic amines) is 1. The number of aromatic nitrogens is 3. The van der Waals surface area contributed by atoms with E-state index in [1.165, 1.54) is 0 Å². The van der Waals surface area contributed by atoms with E-state index in [1.807, 2.05) is 61.5 Å². The molecule has 226 valence electrons. The minimum atomic E-state index is -0.896.